The van der Waals surface area contributed by atoms with Crippen molar-refractivity contribution in [3.05, 3.63) is 65.7 Å². The Kier molecular flexibility index (Phi) is 4.37. The van der Waals surface area contributed by atoms with Crippen molar-refractivity contribution >= 4 is 11.8 Å². The average Bonchev–Trinajstić information content (AvgIpc) is 2.96. The van der Waals surface area contributed by atoms with Gasteiger partial charge in [0.2, 0.25) is 0 Å². The number of rotatable bonds is 5. The van der Waals surface area contributed by atoms with Gasteiger partial charge < -0.3 is 5.73 Å². The molecule has 0 fully saturated rings. The highest BCUT2D eigenvalue weighted by atomic mass is 32.2. The summed E-state index contributed by atoms with van der Waals surface area (Å²) in [5.74, 6) is 0. The predicted octanol–water partition coefficient (Wildman–Crippen LogP) is 4.40. The molecule has 3 rings (SSSR count). The average molecular weight is 297 g/mol. The van der Waals surface area contributed by atoms with Crippen LogP contribution >= 0.6 is 11.8 Å². The Morgan fingerprint density at radius 3 is 2.48 bits per heavy atom. The van der Waals surface area contributed by atoms with Crippen LogP contribution in [0.25, 0.3) is 0 Å². The molecule has 0 aliphatic carbocycles. The molecule has 1 aliphatic heterocycles. The molecule has 1 aliphatic rings. The lowest BCUT2D eigenvalue weighted by Gasteiger charge is -2.34. The van der Waals surface area contributed by atoms with Crippen molar-refractivity contribution in [3.8, 4) is 0 Å². The fraction of sp³-hybridized carbons (Fsp3) is 0.368. The van der Waals surface area contributed by atoms with E-state index in [1.807, 2.05) is 11.8 Å². The largest absolute Gasteiger partial charge is 0.330 e. The van der Waals surface area contributed by atoms with Crippen LogP contribution in [0, 0.1) is 0 Å². The molecule has 21 heavy (non-hydrogen) atoms. The molecule has 0 bridgehead atoms. The Hall–Kier alpha value is -1.25. The Balaban J connectivity index is 1.82. The number of nitrogens with two attached hydrogens (primary N) is 1. The molecule has 0 saturated heterocycles. The molecule has 1 heterocycles. The van der Waals surface area contributed by atoms with Gasteiger partial charge in [0.1, 0.15) is 0 Å². The maximum absolute atomic E-state index is 6.22. The first-order valence-electron chi connectivity index (χ1n) is 7.77. The van der Waals surface area contributed by atoms with Gasteiger partial charge in [-0.05, 0) is 36.5 Å². The van der Waals surface area contributed by atoms with Crippen LogP contribution in [0.2, 0.25) is 0 Å². The monoisotopic (exact) mass is 297 g/mol. The van der Waals surface area contributed by atoms with Crippen molar-refractivity contribution < 1.29 is 0 Å². The van der Waals surface area contributed by atoms with Crippen LogP contribution in [0.15, 0.2) is 59.5 Å². The van der Waals surface area contributed by atoms with Crippen LogP contribution in [0.3, 0.4) is 0 Å². The zero-order valence-electron chi connectivity index (χ0n) is 12.6. The first-order chi connectivity index (χ1) is 10.3. The van der Waals surface area contributed by atoms with Gasteiger partial charge in [-0.25, -0.2) is 0 Å². The van der Waals surface area contributed by atoms with Crippen molar-refractivity contribution in [2.45, 2.75) is 41.7 Å². The first kappa shape index (κ1) is 14.7. The first-order valence-corrected chi connectivity index (χ1v) is 8.65. The van der Waals surface area contributed by atoms with Gasteiger partial charge in [0.15, 0.2) is 0 Å². The second kappa shape index (κ2) is 6.25. The standard InChI is InChI=1S/C19H23NS/c1-2-19(14-20,16-9-4-3-5-10-16)13-17-12-15-8-6-7-11-18(15)21-17/h3-11,17H,2,12-14,20H2,1H3. The summed E-state index contributed by atoms with van der Waals surface area (Å²) in [6, 6.07) is 19.6. The molecule has 2 heteroatoms. The van der Waals surface area contributed by atoms with E-state index in [1.165, 1.54) is 22.4 Å². The van der Waals surface area contributed by atoms with Crippen LogP contribution in [-0.4, -0.2) is 11.8 Å². The van der Waals surface area contributed by atoms with Crippen LogP contribution in [0.5, 0.6) is 0 Å². The molecule has 2 unspecified atom stereocenters. The summed E-state index contributed by atoms with van der Waals surface area (Å²) in [6.07, 6.45) is 3.43. The zero-order chi connectivity index (χ0) is 14.7. The van der Waals surface area contributed by atoms with E-state index in [0.29, 0.717) is 5.25 Å². The molecular weight excluding hydrogens is 274 g/mol. The Bertz CT molecular complexity index is 565. The Labute approximate surface area is 132 Å². The lowest BCUT2D eigenvalue weighted by atomic mass is 9.74. The predicted molar refractivity (Wildman–Crippen MR) is 91.9 cm³/mol. The normalized spacial score (nSPS) is 20.0. The lowest BCUT2D eigenvalue weighted by molar-refractivity contribution is 0.384. The zero-order valence-corrected chi connectivity index (χ0v) is 13.4. The minimum atomic E-state index is 0.112. The second-order valence-electron chi connectivity index (χ2n) is 5.96. The molecule has 2 atom stereocenters. The SMILES string of the molecule is CCC(CN)(CC1Cc2ccccc2S1)c1ccccc1. The molecule has 2 N–H and O–H groups in total. The van der Waals surface area contributed by atoms with Crippen LogP contribution in [-0.2, 0) is 11.8 Å². The van der Waals surface area contributed by atoms with Gasteiger partial charge in [-0.3, -0.25) is 0 Å². The van der Waals surface area contributed by atoms with Gasteiger partial charge in [-0.15, -0.1) is 11.8 Å². The van der Waals surface area contributed by atoms with E-state index in [1.54, 1.807) is 0 Å². The lowest BCUT2D eigenvalue weighted by Crippen LogP contribution is -2.37. The maximum atomic E-state index is 6.22. The summed E-state index contributed by atoms with van der Waals surface area (Å²) in [5, 5.41) is 0.645. The van der Waals surface area contributed by atoms with Crippen LogP contribution in [0.1, 0.15) is 30.9 Å². The van der Waals surface area contributed by atoms with Gasteiger partial charge in [-0.1, -0.05) is 55.5 Å². The minimum Gasteiger partial charge on any atom is -0.330 e. The van der Waals surface area contributed by atoms with Crippen molar-refractivity contribution in [2.75, 3.05) is 6.54 Å². The minimum absolute atomic E-state index is 0.112. The molecule has 2 aromatic carbocycles. The van der Waals surface area contributed by atoms with E-state index < -0.39 is 0 Å². The number of fused-ring (bicyclic) bond motifs is 1. The summed E-state index contributed by atoms with van der Waals surface area (Å²) in [6.45, 7) is 2.99. The van der Waals surface area contributed by atoms with Gasteiger partial charge in [0.05, 0.1) is 0 Å². The summed E-state index contributed by atoms with van der Waals surface area (Å²) < 4.78 is 0. The van der Waals surface area contributed by atoms with Gasteiger partial charge in [0.25, 0.3) is 0 Å². The van der Waals surface area contributed by atoms with Crippen molar-refractivity contribution in [3.63, 3.8) is 0 Å². The van der Waals surface area contributed by atoms with E-state index in [4.69, 9.17) is 5.73 Å². The molecular formula is C19H23NS. The quantitative estimate of drug-likeness (QED) is 0.885. The summed E-state index contributed by atoms with van der Waals surface area (Å²) in [4.78, 5) is 1.46. The van der Waals surface area contributed by atoms with Gasteiger partial charge in [-0.2, -0.15) is 0 Å². The third kappa shape index (κ3) is 2.88. The summed E-state index contributed by atoms with van der Waals surface area (Å²) in [7, 11) is 0. The third-order valence-corrected chi connectivity index (χ3v) is 6.10. The van der Waals surface area contributed by atoms with Crippen molar-refractivity contribution in [1.29, 1.82) is 0 Å². The fourth-order valence-electron chi connectivity index (χ4n) is 3.41. The summed E-state index contributed by atoms with van der Waals surface area (Å²) in [5.41, 5.74) is 9.23. The molecule has 110 valence electrons. The van der Waals surface area contributed by atoms with E-state index in [-0.39, 0.29) is 5.41 Å². The summed E-state index contributed by atoms with van der Waals surface area (Å²) >= 11 is 2.03. The van der Waals surface area contributed by atoms with Crippen molar-refractivity contribution in [2.24, 2.45) is 5.73 Å². The topological polar surface area (TPSA) is 26.0 Å². The highest BCUT2D eigenvalue weighted by Gasteiger charge is 2.34. The van der Waals surface area contributed by atoms with E-state index >= 15 is 0 Å². The van der Waals surface area contributed by atoms with Gasteiger partial charge >= 0.3 is 0 Å². The number of hydrogen-bond donors (Lipinski definition) is 1. The number of thioether (sulfide) groups is 1. The molecule has 0 aromatic heterocycles. The highest BCUT2D eigenvalue weighted by Crippen LogP contribution is 2.43. The van der Waals surface area contributed by atoms with E-state index in [0.717, 1.165) is 19.4 Å². The van der Waals surface area contributed by atoms with E-state index in [2.05, 4.69) is 61.5 Å². The van der Waals surface area contributed by atoms with Gasteiger partial charge in [0, 0.05) is 22.1 Å². The highest BCUT2D eigenvalue weighted by molar-refractivity contribution is 8.00. The molecule has 0 radical (unpaired) electrons. The van der Waals surface area contributed by atoms with Crippen molar-refractivity contribution in [1.82, 2.24) is 0 Å². The Morgan fingerprint density at radius 2 is 1.81 bits per heavy atom. The fourth-order valence-corrected chi connectivity index (χ4v) is 4.89. The smallest absolute Gasteiger partial charge is 0.0144 e. The number of hydrogen-bond acceptors (Lipinski definition) is 2. The van der Waals surface area contributed by atoms with E-state index in [9.17, 15) is 0 Å². The molecule has 0 spiro atoms. The number of benzene rings is 2. The van der Waals surface area contributed by atoms with Crippen LogP contribution in [0.4, 0.5) is 0 Å². The second-order valence-corrected chi connectivity index (χ2v) is 7.30. The molecule has 0 amide bonds. The molecule has 1 nitrogen and oxygen atoms in total. The molecule has 0 saturated carbocycles. The maximum Gasteiger partial charge on any atom is 0.0144 e. The molecule has 2 aromatic rings. The van der Waals surface area contributed by atoms with Crippen LogP contribution < -0.4 is 5.73 Å². The Morgan fingerprint density at radius 1 is 1.10 bits per heavy atom. The third-order valence-electron chi connectivity index (χ3n) is 4.79.